The molecule has 3 unspecified atom stereocenters. The zero-order valence-electron chi connectivity index (χ0n) is 16.3. The number of methoxy groups -OCH3 is 1. The number of aliphatic hydroxyl groups is 1. The zero-order chi connectivity index (χ0) is 25.8. The monoisotopic (exact) mass is 551 g/mol. The SMILES string of the molecule is COC(COP(=O)(O)OP(=O)(O)OP(=O)(O)O)(CC(F)F)[C@@H](O)[C@@H](F)n1ccc(N)nc1=O. The fourth-order valence-electron chi connectivity index (χ4n) is 2.30. The maximum absolute atomic E-state index is 14.8. The van der Waals surface area contributed by atoms with E-state index >= 15 is 0 Å². The Morgan fingerprint density at radius 1 is 1.15 bits per heavy atom. The average Bonchev–Trinajstić information content (AvgIpc) is 2.60. The van der Waals surface area contributed by atoms with Crippen molar-refractivity contribution in [3.63, 3.8) is 0 Å². The molecule has 0 fully saturated rings. The summed E-state index contributed by atoms with van der Waals surface area (Å²) in [4.78, 5) is 50.5. The summed E-state index contributed by atoms with van der Waals surface area (Å²) in [5.74, 6) is -0.337. The van der Waals surface area contributed by atoms with Gasteiger partial charge < -0.3 is 35.2 Å². The van der Waals surface area contributed by atoms with Gasteiger partial charge in [-0.25, -0.2) is 31.7 Å². The molecule has 0 saturated heterocycles. The lowest BCUT2D eigenvalue weighted by atomic mass is 9.92. The van der Waals surface area contributed by atoms with Crippen LogP contribution in [0.15, 0.2) is 17.1 Å². The van der Waals surface area contributed by atoms with E-state index in [0.717, 1.165) is 6.07 Å². The number of phosphoric ester groups is 1. The van der Waals surface area contributed by atoms with Crippen LogP contribution in [0.2, 0.25) is 0 Å². The highest BCUT2D eigenvalue weighted by atomic mass is 31.3. The molecule has 0 aliphatic carbocycles. The molecule has 1 heterocycles. The Morgan fingerprint density at radius 3 is 2.18 bits per heavy atom. The molecule has 0 radical (unpaired) electrons. The molecule has 192 valence electrons. The van der Waals surface area contributed by atoms with Crippen molar-refractivity contribution in [2.45, 2.75) is 30.8 Å². The van der Waals surface area contributed by atoms with E-state index in [-0.39, 0.29) is 10.4 Å². The van der Waals surface area contributed by atoms with E-state index < -0.39 is 66.6 Å². The number of nitrogens with two attached hydrogens (primary N) is 1. The molecule has 33 heavy (non-hydrogen) atoms. The van der Waals surface area contributed by atoms with Crippen molar-refractivity contribution >= 4 is 29.3 Å². The molecule has 0 spiro atoms. The first-order valence-electron chi connectivity index (χ1n) is 8.11. The minimum Gasteiger partial charge on any atom is -0.385 e. The third-order valence-electron chi connectivity index (χ3n) is 3.71. The van der Waals surface area contributed by atoms with Crippen LogP contribution in [0.4, 0.5) is 19.0 Å². The van der Waals surface area contributed by atoms with Crippen LogP contribution in [0.3, 0.4) is 0 Å². The lowest BCUT2D eigenvalue weighted by Crippen LogP contribution is -2.53. The molecule has 1 rings (SSSR count). The van der Waals surface area contributed by atoms with E-state index in [4.69, 9.17) is 25.2 Å². The number of halogens is 3. The maximum Gasteiger partial charge on any atom is 0.490 e. The summed E-state index contributed by atoms with van der Waals surface area (Å²) in [5.41, 5.74) is 0.998. The molecule has 0 bridgehead atoms. The van der Waals surface area contributed by atoms with Gasteiger partial charge in [-0.15, -0.1) is 0 Å². The summed E-state index contributed by atoms with van der Waals surface area (Å²) >= 11 is 0. The predicted octanol–water partition coefficient (Wildman–Crippen LogP) is 0.0382. The normalized spacial score (nSPS) is 19.9. The van der Waals surface area contributed by atoms with Gasteiger partial charge in [0.15, 0.2) is 0 Å². The molecule has 0 aromatic carbocycles. The maximum atomic E-state index is 14.8. The Kier molecular flexibility index (Phi) is 9.97. The Hall–Kier alpha value is -1.20. The number of phosphoric acid groups is 3. The third kappa shape index (κ3) is 9.16. The van der Waals surface area contributed by atoms with E-state index in [9.17, 15) is 41.7 Å². The molecule has 0 amide bonds. The smallest absolute Gasteiger partial charge is 0.385 e. The van der Waals surface area contributed by atoms with Gasteiger partial charge in [0, 0.05) is 19.7 Å². The quantitative estimate of drug-likeness (QED) is 0.177. The molecule has 0 aliphatic heterocycles. The Morgan fingerprint density at radius 2 is 1.73 bits per heavy atom. The number of hydrogen-bond donors (Lipinski definition) is 6. The van der Waals surface area contributed by atoms with Gasteiger partial charge in [-0.2, -0.15) is 13.6 Å². The molecule has 5 atom stereocenters. The molecule has 1 aromatic rings. The van der Waals surface area contributed by atoms with Crippen LogP contribution in [0.5, 0.6) is 0 Å². The highest BCUT2D eigenvalue weighted by Gasteiger charge is 2.49. The van der Waals surface area contributed by atoms with E-state index in [2.05, 4.69) is 18.1 Å². The van der Waals surface area contributed by atoms with E-state index in [0.29, 0.717) is 13.3 Å². The Bertz CT molecular complexity index is 1020. The highest BCUT2D eigenvalue weighted by molar-refractivity contribution is 7.66. The third-order valence-corrected chi connectivity index (χ3v) is 7.49. The summed E-state index contributed by atoms with van der Waals surface area (Å²) in [7, 11) is -16.8. The number of nitrogen functional groups attached to an aromatic ring is 1. The number of aliphatic hydroxyl groups excluding tert-OH is 1. The highest BCUT2D eigenvalue weighted by Crippen LogP contribution is 2.66. The van der Waals surface area contributed by atoms with Gasteiger partial charge in [0.25, 0.3) is 0 Å². The Balaban J connectivity index is 3.20. The van der Waals surface area contributed by atoms with Gasteiger partial charge in [0.2, 0.25) is 12.7 Å². The second kappa shape index (κ2) is 11.0. The number of aromatic nitrogens is 2. The first kappa shape index (κ1) is 29.8. The van der Waals surface area contributed by atoms with E-state index in [1.807, 2.05) is 0 Å². The second-order valence-corrected chi connectivity index (χ2v) is 10.5. The fourth-order valence-corrected chi connectivity index (χ4v) is 5.38. The van der Waals surface area contributed by atoms with Gasteiger partial charge in [0.1, 0.15) is 17.5 Å². The van der Waals surface area contributed by atoms with Crippen molar-refractivity contribution in [3.8, 4) is 0 Å². The number of alkyl halides is 3. The fraction of sp³-hybridized carbons (Fsp3) is 0.636. The van der Waals surface area contributed by atoms with Gasteiger partial charge in [0.05, 0.1) is 6.61 Å². The number of nitrogens with zero attached hydrogens (tertiary/aromatic N) is 2. The minimum absolute atomic E-state index is 0.130. The van der Waals surface area contributed by atoms with Crippen molar-refractivity contribution in [1.29, 1.82) is 0 Å². The van der Waals surface area contributed by atoms with Crippen molar-refractivity contribution < 1.29 is 69.4 Å². The van der Waals surface area contributed by atoms with Crippen LogP contribution in [0.25, 0.3) is 0 Å². The number of ether oxygens (including phenoxy) is 1. The first-order chi connectivity index (χ1) is 14.8. The summed E-state index contributed by atoms with van der Waals surface area (Å²) in [5, 5.41) is 10.3. The van der Waals surface area contributed by atoms with Crippen LogP contribution < -0.4 is 11.4 Å². The van der Waals surface area contributed by atoms with Gasteiger partial charge in [-0.3, -0.25) is 9.09 Å². The Labute approximate surface area is 182 Å². The summed E-state index contributed by atoms with van der Waals surface area (Å²) in [6, 6.07) is 0.925. The molecule has 1 aromatic heterocycles. The number of anilines is 1. The lowest BCUT2D eigenvalue weighted by molar-refractivity contribution is -0.179. The molecule has 0 aliphatic rings. The summed E-state index contributed by atoms with van der Waals surface area (Å²) < 4.78 is 90.9. The van der Waals surface area contributed by atoms with Crippen LogP contribution in [0, 0.1) is 0 Å². The number of hydrogen-bond acceptors (Lipinski definition) is 11. The van der Waals surface area contributed by atoms with Crippen LogP contribution >= 0.6 is 23.5 Å². The van der Waals surface area contributed by atoms with Crippen LogP contribution in [-0.2, 0) is 31.6 Å². The molecule has 7 N–H and O–H groups in total. The largest absolute Gasteiger partial charge is 0.490 e. The van der Waals surface area contributed by atoms with Crippen molar-refractivity contribution in [3.05, 3.63) is 22.7 Å². The van der Waals surface area contributed by atoms with Crippen LogP contribution in [-0.4, -0.2) is 66.1 Å². The molecule has 22 heteroatoms. The first-order valence-corrected chi connectivity index (χ1v) is 12.6. The second-order valence-electron chi connectivity index (χ2n) is 6.09. The zero-order valence-corrected chi connectivity index (χ0v) is 18.9. The molecular weight excluding hydrogens is 532 g/mol. The minimum atomic E-state index is -5.95. The van der Waals surface area contributed by atoms with Crippen molar-refractivity contribution in [2.24, 2.45) is 0 Å². The van der Waals surface area contributed by atoms with Gasteiger partial charge >= 0.3 is 29.2 Å². The lowest BCUT2D eigenvalue weighted by Gasteiger charge is -2.38. The standard InChI is InChI=1S/C11H19F3N3O13P3/c1-27-11(4-6(12)13,8(18)9(14)17-3-2-7(15)16-10(17)19)5-28-32(23,24)30-33(25,26)29-31(20,21)22/h2-3,6,8-9,18H,4-5H2,1H3,(H,23,24)(H,25,26)(H2,15,16,19)(H2,20,21,22)/t8-,9-,11?/m0/s1. The van der Waals surface area contributed by atoms with Crippen molar-refractivity contribution in [1.82, 2.24) is 9.55 Å². The van der Waals surface area contributed by atoms with Gasteiger partial charge in [-0.1, -0.05) is 0 Å². The molecular formula is C11H19F3N3O13P3. The van der Waals surface area contributed by atoms with E-state index in [1.54, 1.807) is 0 Å². The van der Waals surface area contributed by atoms with Gasteiger partial charge in [-0.05, 0) is 6.07 Å². The predicted molar refractivity (Wildman–Crippen MR) is 99.2 cm³/mol. The summed E-state index contributed by atoms with van der Waals surface area (Å²) in [6.45, 7) is -1.63. The van der Waals surface area contributed by atoms with E-state index in [1.165, 1.54) is 0 Å². The summed E-state index contributed by atoms with van der Waals surface area (Å²) in [6.07, 6.45) is -9.79. The molecule has 16 nitrogen and oxygen atoms in total. The van der Waals surface area contributed by atoms with Crippen molar-refractivity contribution in [2.75, 3.05) is 19.5 Å². The average molecular weight is 551 g/mol. The number of rotatable bonds is 13. The van der Waals surface area contributed by atoms with Crippen LogP contribution in [0.1, 0.15) is 12.7 Å². The topological polar surface area (TPSA) is 250 Å². The molecule has 0 saturated carbocycles.